The van der Waals surface area contributed by atoms with Crippen molar-refractivity contribution in [2.75, 3.05) is 18.8 Å². The third kappa shape index (κ3) is 4.28. The van der Waals surface area contributed by atoms with Crippen molar-refractivity contribution in [2.45, 2.75) is 49.9 Å². The van der Waals surface area contributed by atoms with E-state index in [4.69, 9.17) is 5.11 Å². The zero-order valence-corrected chi connectivity index (χ0v) is 13.5. The topological polar surface area (TPSA) is 98.7 Å². The number of amides is 3. The minimum Gasteiger partial charge on any atom is -0.480 e. The van der Waals surface area contributed by atoms with Gasteiger partial charge in [0.15, 0.2) is 0 Å². The van der Waals surface area contributed by atoms with Crippen LogP contribution in [0.2, 0.25) is 0 Å². The van der Waals surface area contributed by atoms with Crippen LogP contribution in [0.25, 0.3) is 0 Å². The summed E-state index contributed by atoms with van der Waals surface area (Å²) >= 11 is 1.86. The fraction of sp³-hybridized carbons (Fsp3) is 0.786. The van der Waals surface area contributed by atoms with Gasteiger partial charge in [0, 0.05) is 24.0 Å². The molecule has 0 aliphatic carbocycles. The Hall–Kier alpha value is -1.44. The Kier molecular flexibility index (Phi) is 5.93. The number of hydrogen-bond donors (Lipinski definition) is 3. The summed E-state index contributed by atoms with van der Waals surface area (Å²) in [6.45, 7) is 1.98. The minimum absolute atomic E-state index is 0.0808. The summed E-state index contributed by atoms with van der Waals surface area (Å²) in [6, 6.07) is 0.352. The first kappa shape index (κ1) is 16.9. The SMILES string of the molecule is CCN(CC(=O)O)C(=O)CCCC[C@@H]1SC[C@@H]2NC(=O)N[C@@H]21. The smallest absolute Gasteiger partial charge is 0.323 e. The number of nitrogens with one attached hydrogen (secondary N) is 2. The molecule has 0 aromatic heterocycles. The van der Waals surface area contributed by atoms with Crippen molar-refractivity contribution in [2.24, 2.45) is 0 Å². The fourth-order valence-corrected chi connectivity index (χ4v) is 4.51. The van der Waals surface area contributed by atoms with E-state index in [0.717, 1.165) is 25.0 Å². The fourth-order valence-electron chi connectivity index (χ4n) is 2.96. The normalized spacial score (nSPS) is 26.2. The van der Waals surface area contributed by atoms with Crippen LogP contribution in [0, 0.1) is 0 Å². The number of carboxylic acid groups (broad SMARTS) is 1. The molecular weight excluding hydrogens is 306 g/mol. The van der Waals surface area contributed by atoms with Crippen LogP contribution < -0.4 is 10.6 Å². The number of fused-ring (bicyclic) bond motifs is 1. The minimum atomic E-state index is -0.979. The van der Waals surface area contributed by atoms with Crippen molar-refractivity contribution in [1.29, 1.82) is 0 Å². The molecule has 2 aliphatic rings. The molecule has 0 spiro atoms. The number of carboxylic acids is 1. The summed E-state index contributed by atoms with van der Waals surface area (Å²) in [4.78, 5) is 35.2. The number of unbranched alkanes of at least 4 members (excludes halogenated alkanes) is 1. The third-order valence-corrected chi connectivity index (χ3v) is 5.64. The van der Waals surface area contributed by atoms with Gasteiger partial charge in [-0.2, -0.15) is 11.8 Å². The lowest BCUT2D eigenvalue weighted by atomic mass is 10.0. The molecule has 3 amide bonds. The van der Waals surface area contributed by atoms with E-state index < -0.39 is 5.97 Å². The van der Waals surface area contributed by atoms with Crippen molar-refractivity contribution in [3.63, 3.8) is 0 Å². The number of rotatable bonds is 8. The van der Waals surface area contributed by atoms with Crippen LogP contribution in [0.4, 0.5) is 4.79 Å². The van der Waals surface area contributed by atoms with Crippen molar-refractivity contribution >= 4 is 29.7 Å². The lowest BCUT2D eigenvalue weighted by molar-refractivity contribution is -0.144. The van der Waals surface area contributed by atoms with Gasteiger partial charge in [0.2, 0.25) is 5.91 Å². The quantitative estimate of drug-likeness (QED) is 0.448. The molecule has 0 bridgehead atoms. The van der Waals surface area contributed by atoms with Gasteiger partial charge in [-0.3, -0.25) is 9.59 Å². The first-order valence-corrected chi connectivity index (χ1v) is 8.74. The highest BCUT2D eigenvalue weighted by molar-refractivity contribution is 8.00. The summed E-state index contributed by atoms with van der Waals surface area (Å²) in [5, 5.41) is 15.0. The number of aliphatic carboxylic acids is 1. The third-order valence-electron chi connectivity index (χ3n) is 4.13. The molecule has 0 unspecified atom stereocenters. The predicted molar refractivity (Wildman–Crippen MR) is 83.8 cm³/mol. The van der Waals surface area contributed by atoms with Gasteiger partial charge in [0.05, 0.1) is 12.1 Å². The van der Waals surface area contributed by atoms with Crippen LogP contribution in [0.1, 0.15) is 32.6 Å². The van der Waals surface area contributed by atoms with E-state index in [-0.39, 0.29) is 30.6 Å². The molecule has 3 atom stereocenters. The molecule has 22 heavy (non-hydrogen) atoms. The van der Waals surface area contributed by atoms with E-state index in [1.807, 2.05) is 11.8 Å². The molecule has 2 fully saturated rings. The van der Waals surface area contributed by atoms with Crippen molar-refractivity contribution in [1.82, 2.24) is 15.5 Å². The first-order chi connectivity index (χ1) is 10.5. The van der Waals surface area contributed by atoms with Crippen LogP contribution in [0.5, 0.6) is 0 Å². The summed E-state index contributed by atoms with van der Waals surface area (Å²) in [6.07, 6.45) is 3.02. The zero-order chi connectivity index (χ0) is 16.1. The molecule has 124 valence electrons. The molecule has 2 rings (SSSR count). The molecule has 0 saturated carbocycles. The van der Waals surface area contributed by atoms with Crippen LogP contribution in [-0.2, 0) is 9.59 Å². The molecule has 0 aromatic rings. The van der Waals surface area contributed by atoms with Gasteiger partial charge in [-0.1, -0.05) is 6.42 Å². The lowest BCUT2D eigenvalue weighted by Crippen LogP contribution is -2.37. The maximum Gasteiger partial charge on any atom is 0.323 e. The number of likely N-dealkylation sites (N-methyl/N-ethyl adjacent to an activating group) is 1. The van der Waals surface area contributed by atoms with E-state index in [9.17, 15) is 14.4 Å². The van der Waals surface area contributed by atoms with Crippen molar-refractivity contribution in [3.05, 3.63) is 0 Å². The predicted octanol–water partition coefficient (Wildman–Crippen LogP) is 0.645. The monoisotopic (exact) mass is 329 g/mol. The van der Waals surface area contributed by atoms with Gasteiger partial charge in [0.1, 0.15) is 6.54 Å². The van der Waals surface area contributed by atoms with Crippen LogP contribution in [-0.4, -0.2) is 64.1 Å². The molecule has 7 nitrogen and oxygen atoms in total. The molecule has 2 saturated heterocycles. The van der Waals surface area contributed by atoms with Crippen LogP contribution in [0.15, 0.2) is 0 Å². The van der Waals surface area contributed by atoms with Gasteiger partial charge in [-0.25, -0.2) is 4.79 Å². The highest BCUT2D eigenvalue weighted by atomic mass is 32.2. The summed E-state index contributed by atoms with van der Waals surface area (Å²) in [5.41, 5.74) is 0. The Balaban J connectivity index is 1.65. The average molecular weight is 329 g/mol. The number of carbonyl (C=O) groups excluding carboxylic acids is 2. The second kappa shape index (κ2) is 7.71. The molecular formula is C14H23N3O4S. The molecule has 0 radical (unpaired) electrons. The average Bonchev–Trinajstić information content (AvgIpc) is 3.00. The van der Waals surface area contributed by atoms with E-state index in [0.29, 0.717) is 18.2 Å². The number of nitrogens with zero attached hydrogens (tertiary/aromatic N) is 1. The largest absolute Gasteiger partial charge is 0.480 e. The van der Waals surface area contributed by atoms with Gasteiger partial charge in [0.25, 0.3) is 0 Å². The Bertz CT molecular complexity index is 446. The maximum atomic E-state index is 11.9. The molecule has 2 heterocycles. The number of thioether (sulfide) groups is 1. The molecule has 8 heteroatoms. The second-order valence-corrected chi connectivity index (χ2v) is 6.94. The van der Waals surface area contributed by atoms with E-state index in [1.165, 1.54) is 4.90 Å². The van der Waals surface area contributed by atoms with Crippen LogP contribution >= 0.6 is 11.8 Å². The zero-order valence-electron chi connectivity index (χ0n) is 12.7. The van der Waals surface area contributed by atoms with E-state index in [1.54, 1.807) is 6.92 Å². The summed E-state index contributed by atoms with van der Waals surface area (Å²) in [5.74, 6) is -0.138. The van der Waals surface area contributed by atoms with E-state index in [2.05, 4.69) is 10.6 Å². The Morgan fingerprint density at radius 3 is 2.82 bits per heavy atom. The number of urea groups is 1. The van der Waals surface area contributed by atoms with Crippen LogP contribution in [0.3, 0.4) is 0 Å². The second-order valence-electron chi connectivity index (χ2n) is 5.67. The number of carbonyl (C=O) groups is 3. The highest BCUT2D eigenvalue weighted by Crippen LogP contribution is 2.33. The van der Waals surface area contributed by atoms with Gasteiger partial charge >= 0.3 is 12.0 Å². The Morgan fingerprint density at radius 1 is 1.36 bits per heavy atom. The van der Waals surface area contributed by atoms with Gasteiger partial charge in [-0.15, -0.1) is 0 Å². The Labute approximate surface area is 134 Å². The van der Waals surface area contributed by atoms with Gasteiger partial charge < -0.3 is 20.6 Å². The standard InChI is InChI=1S/C14H23N3O4S/c1-2-17(7-12(19)20)11(18)6-4-3-5-10-13-9(8-22-10)15-14(21)16-13/h9-10,13H,2-8H2,1H3,(H,19,20)(H2,15,16,21)/t9-,10-,13-/m0/s1. The Morgan fingerprint density at radius 2 is 2.14 bits per heavy atom. The van der Waals surface area contributed by atoms with Crippen molar-refractivity contribution in [3.8, 4) is 0 Å². The lowest BCUT2D eigenvalue weighted by Gasteiger charge is -2.19. The summed E-state index contributed by atoms with van der Waals surface area (Å²) < 4.78 is 0. The maximum absolute atomic E-state index is 11.9. The van der Waals surface area contributed by atoms with E-state index >= 15 is 0 Å². The number of hydrogen-bond acceptors (Lipinski definition) is 4. The first-order valence-electron chi connectivity index (χ1n) is 7.69. The highest BCUT2D eigenvalue weighted by Gasteiger charge is 2.42. The molecule has 2 aliphatic heterocycles. The van der Waals surface area contributed by atoms with Crippen molar-refractivity contribution < 1.29 is 19.5 Å². The summed E-state index contributed by atoms with van der Waals surface area (Å²) in [7, 11) is 0. The molecule has 3 N–H and O–H groups in total. The van der Waals surface area contributed by atoms with Gasteiger partial charge in [-0.05, 0) is 19.8 Å². The molecule has 0 aromatic carbocycles.